The average Bonchev–Trinajstić information content (AvgIpc) is 2.47. The third-order valence-electron chi connectivity index (χ3n) is 2.88. The Hall–Kier alpha value is -2.04. The zero-order chi connectivity index (χ0) is 15.5. The van der Waals surface area contributed by atoms with Gasteiger partial charge in [0.25, 0.3) is 0 Å². The number of nitro groups is 1. The fourth-order valence-electron chi connectivity index (χ4n) is 1.72. The van der Waals surface area contributed by atoms with E-state index < -0.39 is 4.92 Å². The van der Waals surface area contributed by atoms with E-state index in [2.05, 4.69) is 13.8 Å². The molecule has 1 rings (SSSR count). The highest BCUT2D eigenvalue weighted by molar-refractivity contribution is 5.61. The van der Waals surface area contributed by atoms with Crippen molar-refractivity contribution < 1.29 is 14.4 Å². The summed E-state index contributed by atoms with van der Waals surface area (Å²) in [6.45, 7) is 5.37. The second kappa shape index (κ2) is 9.80. The van der Waals surface area contributed by atoms with Crippen LogP contribution in [0.2, 0.25) is 0 Å². The lowest BCUT2D eigenvalue weighted by Gasteiger charge is -2.14. The van der Waals surface area contributed by atoms with E-state index >= 15 is 0 Å². The van der Waals surface area contributed by atoms with Crippen molar-refractivity contribution in [2.75, 3.05) is 13.2 Å². The first-order chi connectivity index (χ1) is 10.2. The molecule has 0 aliphatic rings. The van der Waals surface area contributed by atoms with Gasteiger partial charge in [0.05, 0.1) is 18.1 Å². The van der Waals surface area contributed by atoms with Gasteiger partial charge in [-0.2, -0.15) is 0 Å². The van der Waals surface area contributed by atoms with Gasteiger partial charge in [0.2, 0.25) is 6.20 Å². The summed E-state index contributed by atoms with van der Waals surface area (Å²) in [6, 6.07) is 5.43. The maximum atomic E-state index is 10.5. The van der Waals surface area contributed by atoms with Gasteiger partial charge in [0.1, 0.15) is 0 Å². The molecule has 0 amide bonds. The summed E-state index contributed by atoms with van der Waals surface area (Å²) in [5.74, 6) is 1.23. The first kappa shape index (κ1) is 17.0. The van der Waals surface area contributed by atoms with Gasteiger partial charge in [-0.1, -0.05) is 38.8 Å². The number of hydrogen-bond acceptors (Lipinski definition) is 4. The van der Waals surface area contributed by atoms with E-state index in [1.807, 2.05) is 12.1 Å². The maximum absolute atomic E-state index is 10.5. The normalized spacial score (nSPS) is 10.8. The maximum Gasteiger partial charge on any atom is 0.235 e. The zero-order valence-corrected chi connectivity index (χ0v) is 12.7. The number of hydrogen-bond donors (Lipinski definition) is 0. The van der Waals surface area contributed by atoms with Gasteiger partial charge in [-0.05, 0) is 18.9 Å². The Bertz CT molecular complexity index is 471. The van der Waals surface area contributed by atoms with Crippen LogP contribution in [0.1, 0.15) is 45.1 Å². The van der Waals surface area contributed by atoms with Crippen molar-refractivity contribution in [1.82, 2.24) is 0 Å². The minimum atomic E-state index is -0.486. The van der Waals surface area contributed by atoms with E-state index in [-0.39, 0.29) is 0 Å². The number of ether oxygens (including phenoxy) is 2. The van der Waals surface area contributed by atoms with Crippen molar-refractivity contribution in [3.05, 3.63) is 40.1 Å². The molecule has 1 aromatic carbocycles. The highest BCUT2D eigenvalue weighted by Crippen LogP contribution is 2.32. The Morgan fingerprint density at radius 2 is 1.81 bits per heavy atom. The van der Waals surface area contributed by atoms with Crippen LogP contribution in [0, 0.1) is 10.1 Å². The summed E-state index contributed by atoms with van der Waals surface area (Å²) in [4.78, 5) is 10.0. The second-order valence-corrected chi connectivity index (χ2v) is 4.68. The van der Waals surface area contributed by atoms with Crippen molar-refractivity contribution in [3.8, 4) is 11.5 Å². The lowest BCUT2D eigenvalue weighted by Crippen LogP contribution is -2.03. The molecule has 21 heavy (non-hydrogen) atoms. The van der Waals surface area contributed by atoms with E-state index in [0.717, 1.165) is 31.9 Å². The predicted molar refractivity (Wildman–Crippen MR) is 83.3 cm³/mol. The van der Waals surface area contributed by atoms with Crippen LogP contribution in [0.5, 0.6) is 11.5 Å². The number of nitrogens with zero attached hydrogens (tertiary/aromatic N) is 1. The number of rotatable bonds is 10. The molecule has 0 aliphatic heterocycles. The first-order valence-corrected chi connectivity index (χ1v) is 7.39. The zero-order valence-electron chi connectivity index (χ0n) is 12.7. The molecule has 0 heterocycles. The van der Waals surface area contributed by atoms with Gasteiger partial charge in [0.15, 0.2) is 11.5 Å². The Morgan fingerprint density at radius 3 is 2.43 bits per heavy atom. The number of unbranched alkanes of at least 4 members (excludes halogenated alkanes) is 2. The standard InChI is InChI=1S/C16H23NO4/c1-3-5-12-20-15-9-7-8-14(10-11-17(18)19)16(15)21-13-6-4-2/h7-11H,3-6,12-13H2,1-2H3. The van der Waals surface area contributed by atoms with E-state index in [1.165, 1.54) is 6.08 Å². The predicted octanol–water partition coefficient (Wildman–Crippen LogP) is 4.29. The summed E-state index contributed by atoms with van der Waals surface area (Å²) in [5.41, 5.74) is 0.664. The summed E-state index contributed by atoms with van der Waals surface area (Å²) in [7, 11) is 0. The van der Waals surface area contributed by atoms with Gasteiger partial charge < -0.3 is 9.47 Å². The van der Waals surface area contributed by atoms with Crippen LogP contribution >= 0.6 is 0 Å². The lowest BCUT2D eigenvalue weighted by molar-refractivity contribution is -0.400. The van der Waals surface area contributed by atoms with Crippen molar-refractivity contribution in [2.24, 2.45) is 0 Å². The third-order valence-corrected chi connectivity index (χ3v) is 2.88. The van der Waals surface area contributed by atoms with E-state index in [0.29, 0.717) is 30.3 Å². The number of benzene rings is 1. The molecule has 0 aliphatic carbocycles. The molecule has 0 N–H and O–H groups in total. The van der Waals surface area contributed by atoms with E-state index in [1.54, 1.807) is 6.07 Å². The largest absolute Gasteiger partial charge is 0.490 e. The molecule has 5 heteroatoms. The van der Waals surface area contributed by atoms with Crippen LogP contribution in [0.4, 0.5) is 0 Å². The molecule has 0 aromatic heterocycles. The molecule has 5 nitrogen and oxygen atoms in total. The molecule has 0 radical (unpaired) electrons. The highest BCUT2D eigenvalue weighted by atomic mass is 16.6. The van der Waals surface area contributed by atoms with Crippen LogP contribution in [-0.2, 0) is 0 Å². The molecule has 0 spiro atoms. The van der Waals surface area contributed by atoms with Crippen molar-refractivity contribution in [3.63, 3.8) is 0 Å². The van der Waals surface area contributed by atoms with Gasteiger partial charge in [-0.3, -0.25) is 10.1 Å². The molecular formula is C16H23NO4. The average molecular weight is 293 g/mol. The molecule has 0 saturated carbocycles. The quantitative estimate of drug-likeness (QED) is 0.367. The van der Waals surface area contributed by atoms with Crippen molar-refractivity contribution >= 4 is 6.08 Å². The van der Waals surface area contributed by atoms with E-state index in [4.69, 9.17) is 9.47 Å². The smallest absolute Gasteiger partial charge is 0.235 e. The Balaban J connectivity index is 2.93. The van der Waals surface area contributed by atoms with Gasteiger partial charge >= 0.3 is 0 Å². The van der Waals surface area contributed by atoms with Crippen LogP contribution in [0.3, 0.4) is 0 Å². The topological polar surface area (TPSA) is 61.6 Å². The monoisotopic (exact) mass is 293 g/mol. The van der Waals surface area contributed by atoms with E-state index in [9.17, 15) is 10.1 Å². The number of para-hydroxylation sites is 1. The highest BCUT2D eigenvalue weighted by Gasteiger charge is 2.10. The molecule has 1 aromatic rings. The molecule has 0 fully saturated rings. The molecule has 116 valence electrons. The fraction of sp³-hybridized carbons (Fsp3) is 0.500. The van der Waals surface area contributed by atoms with Gasteiger partial charge in [-0.15, -0.1) is 0 Å². The minimum Gasteiger partial charge on any atom is -0.490 e. The van der Waals surface area contributed by atoms with Crippen LogP contribution in [0.25, 0.3) is 6.08 Å². The molecule has 0 atom stereocenters. The molecular weight excluding hydrogens is 270 g/mol. The van der Waals surface area contributed by atoms with Crippen LogP contribution < -0.4 is 9.47 Å². The first-order valence-electron chi connectivity index (χ1n) is 7.39. The third kappa shape index (κ3) is 6.29. The SMILES string of the molecule is CCCCOc1cccc(C=C[N+](=O)[O-])c1OCCCC. The van der Waals surface area contributed by atoms with Gasteiger partial charge in [0, 0.05) is 11.6 Å². The Labute approximate surface area is 125 Å². The molecule has 0 bridgehead atoms. The minimum absolute atomic E-state index is 0.486. The lowest BCUT2D eigenvalue weighted by atomic mass is 10.2. The Morgan fingerprint density at radius 1 is 1.14 bits per heavy atom. The summed E-state index contributed by atoms with van der Waals surface area (Å²) in [5, 5.41) is 10.5. The van der Waals surface area contributed by atoms with Crippen molar-refractivity contribution in [1.29, 1.82) is 0 Å². The summed E-state index contributed by atoms with van der Waals surface area (Å²) < 4.78 is 11.5. The van der Waals surface area contributed by atoms with Gasteiger partial charge in [-0.25, -0.2) is 0 Å². The Kier molecular flexibility index (Phi) is 7.94. The molecule has 0 saturated heterocycles. The second-order valence-electron chi connectivity index (χ2n) is 4.68. The fourth-order valence-corrected chi connectivity index (χ4v) is 1.72. The van der Waals surface area contributed by atoms with Crippen molar-refractivity contribution in [2.45, 2.75) is 39.5 Å². The van der Waals surface area contributed by atoms with Crippen LogP contribution in [-0.4, -0.2) is 18.1 Å². The summed E-state index contributed by atoms with van der Waals surface area (Å²) >= 11 is 0. The van der Waals surface area contributed by atoms with Crippen LogP contribution in [0.15, 0.2) is 24.4 Å². The summed E-state index contributed by atoms with van der Waals surface area (Å²) in [6.07, 6.45) is 6.32. The molecule has 0 unspecified atom stereocenters.